The van der Waals surface area contributed by atoms with Crippen LogP contribution in [0.4, 0.5) is 0 Å². The van der Waals surface area contributed by atoms with E-state index in [1.54, 1.807) is 51.4 Å². The maximum atomic E-state index is 6.16. The highest BCUT2D eigenvalue weighted by Crippen LogP contribution is 2.62. The molecule has 0 aromatic heterocycles. The fraction of sp³-hybridized carbons (Fsp3) is 0.786. The molecule has 6 unspecified atom stereocenters. The molecule has 1 aromatic rings. The monoisotopic (exact) mass is 424 g/mol. The van der Waals surface area contributed by atoms with Crippen molar-refractivity contribution in [1.82, 2.24) is 0 Å². The molecule has 5 rings (SSSR count). The molecule has 6 atom stereocenters. The van der Waals surface area contributed by atoms with Crippen LogP contribution in [0.15, 0.2) is 30.3 Å². The Balaban J connectivity index is 1.31. The van der Waals surface area contributed by atoms with Gasteiger partial charge in [-0.1, -0.05) is 108 Å². The minimum Gasteiger partial charge on any atom is -0.494 e. The number of fused-ring (bicyclic) bond motifs is 2. The second-order valence-electron chi connectivity index (χ2n) is 11.6. The minimum absolute atomic E-state index is 0.925. The van der Waals surface area contributed by atoms with Crippen molar-refractivity contribution in [2.45, 2.75) is 107 Å². The Morgan fingerprint density at radius 1 is 0.733 bits per heavy atom. The van der Waals surface area contributed by atoms with E-state index < -0.39 is 8.07 Å². The predicted molar refractivity (Wildman–Crippen MR) is 130 cm³/mol. The highest BCUT2D eigenvalue weighted by molar-refractivity contribution is 6.81. The Hall–Kier alpha value is -0.763. The summed E-state index contributed by atoms with van der Waals surface area (Å²) >= 11 is 0. The molecule has 0 bridgehead atoms. The van der Waals surface area contributed by atoms with E-state index in [-0.39, 0.29) is 0 Å². The van der Waals surface area contributed by atoms with Gasteiger partial charge < -0.3 is 4.74 Å². The standard InChI is InChI=1S/C28H44OSi/c1-30(21-9-20-29-24-12-3-2-4-13-24,27-18-16-22-10-5-7-14-25(22)27)28-19-17-23-11-6-8-15-26(23)28/h2-4,12-13,22-23,25-28H,5-11,14-21H2,1H3. The van der Waals surface area contributed by atoms with Gasteiger partial charge >= 0.3 is 0 Å². The Bertz CT molecular complexity index is 640. The summed E-state index contributed by atoms with van der Waals surface area (Å²) < 4.78 is 6.16. The van der Waals surface area contributed by atoms with Gasteiger partial charge in [0.25, 0.3) is 0 Å². The van der Waals surface area contributed by atoms with Gasteiger partial charge in [-0.3, -0.25) is 0 Å². The fourth-order valence-corrected chi connectivity index (χ4v) is 15.6. The van der Waals surface area contributed by atoms with E-state index in [9.17, 15) is 0 Å². The Kier molecular flexibility index (Phi) is 6.60. The van der Waals surface area contributed by atoms with Crippen LogP contribution >= 0.6 is 0 Å². The van der Waals surface area contributed by atoms with E-state index in [0.717, 1.165) is 47.1 Å². The lowest BCUT2D eigenvalue weighted by atomic mass is 9.81. The third kappa shape index (κ3) is 4.15. The van der Waals surface area contributed by atoms with Gasteiger partial charge in [-0.2, -0.15) is 0 Å². The van der Waals surface area contributed by atoms with Crippen molar-refractivity contribution < 1.29 is 4.74 Å². The van der Waals surface area contributed by atoms with Crippen molar-refractivity contribution >= 4 is 8.07 Å². The molecule has 30 heavy (non-hydrogen) atoms. The Morgan fingerprint density at radius 2 is 1.30 bits per heavy atom. The maximum Gasteiger partial charge on any atom is 0.119 e. The van der Waals surface area contributed by atoms with Crippen LogP contribution in [0.1, 0.15) is 83.5 Å². The summed E-state index contributed by atoms with van der Waals surface area (Å²) in [5.74, 6) is 5.46. The molecular formula is C28H44OSi. The van der Waals surface area contributed by atoms with Crippen LogP contribution in [0.2, 0.25) is 23.7 Å². The number of para-hydroxylation sites is 1. The second-order valence-corrected chi connectivity index (χ2v) is 16.6. The third-order valence-electron chi connectivity index (χ3n) is 10.2. The smallest absolute Gasteiger partial charge is 0.119 e. The van der Waals surface area contributed by atoms with Crippen LogP contribution in [0.25, 0.3) is 0 Å². The summed E-state index contributed by atoms with van der Waals surface area (Å²) in [5, 5.41) is 0. The molecule has 1 nitrogen and oxygen atoms in total. The molecule has 0 amide bonds. The molecule has 0 aliphatic heterocycles. The van der Waals surface area contributed by atoms with Gasteiger partial charge in [-0.25, -0.2) is 0 Å². The topological polar surface area (TPSA) is 9.23 Å². The van der Waals surface area contributed by atoms with Gasteiger partial charge in [0.15, 0.2) is 0 Å². The highest BCUT2D eigenvalue weighted by Gasteiger charge is 2.55. The zero-order valence-corrected chi connectivity index (χ0v) is 20.4. The van der Waals surface area contributed by atoms with E-state index in [4.69, 9.17) is 4.74 Å². The van der Waals surface area contributed by atoms with Crippen LogP contribution < -0.4 is 4.74 Å². The number of ether oxygens (including phenoxy) is 1. The maximum absolute atomic E-state index is 6.16. The molecule has 4 saturated carbocycles. The zero-order valence-electron chi connectivity index (χ0n) is 19.4. The minimum atomic E-state index is -1.32. The zero-order chi connectivity index (χ0) is 20.4. The molecule has 0 spiro atoms. The van der Waals surface area contributed by atoms with Gasteiger partial charge in [-0.15, -0.1) is 0 Å². The lowest BCUT2D eigenvalue weighted by molar-refractivity contribution is 0.261. The van der Waals surface area contributed by atoms with Gasteiger partial charge in [0.1, 0.15) is 5.75 Å². The van der Waals surface area contributed by atoms with E-state index in [1.165, 1.54) is 38.1 Å². The van der Waals surface area contributed by atoms with Crippen molar-refractivity contribution in [3.05, 3.63) is 30.3 Å². The lowest BCUT2D eigenvalue weighted by Crippen LogP contribution is -2.46. The van der Waals surface area contributed by atoms with Crippen LogP contribution in [0.3, 0.4) is 0 Å². The third-order valence-corrected chi connectivity index (χ3v) is 16.5. The molecule has 166 valence electrons. The number of rotatable bonds is 7. The van der Waals surface area contributed by atoms with Crippen molar-refractivity contribution in [3.63, 3.8) is 0 Å². The van der Waals surface area contributed by atoms with Crippen LogP contribution in [-0.2, 0) is 0 Å². The molecule has 4 aliphatic rings. The molecule has 0 N–H and O–H groups in total. The van der Waals surface area contributed by atoms with Crippen molar-refractivity contribution in [1.29, 1.82) is 0 Å². The molecule has 0 heterocycles. The first-order chi connectivity index (χ1) is 14.8. The summed E-state index contributed by atoms with van der Waals surface area (Å²) in [7, 11) is -1.32. The summed E-state index contributed by atoms with van der Waals surface area (Å²) in [4.78, 5) is 0. The number of hydrogen-bond acceptors (Lipinski definition) is 1. The van der Waals surface area contributed by atoms with Crippen molar-refractivity contribution in [2.24, 2.45) is 23.7 Å². The van der Waals surface area contributed by atoms with Gasteiger partial charge in [0, 0.05) is 0 Å². The molecular weight excluding hydrogens is 380 g/mol. The summed E-state index contributed by atoms with van der Waals surface area (Å²) in [6, 6.07) is 12.0. The van der Waals surface area contributed by atoms with Gasteiger partial charge in [0.2, 0.25) is 0 Å². The summed E-state index contributed by atoms with van der Waals surface area (Å²) in [6.45, 7) is 3.83. The van der Waals surface area contributed by atoms with Crippen LogP contribution in [0, 0.1) is 23.7 Å². The molecule has 4 fully saturated rings. The van der Waals surface area contributed by atoms with E-state index in [0.29, 0.717) is 0 Å². The van der Waals surface area contributed by atoms with Crippen LogP contribution in [0.5, 0.6) is 5.75 Å². The lowest BCUT2D eigenvalue weighted by Gasteiger charge is -2.47. The first-order valence-corrected chi connectivity index (χ1v) is 16.3. The highest BCUT2D eigenvalue weighted by atomic mass is 28.3. The van der Waals surface area contributed by atoms with E-state index in [2.05, 4.69) is 36.9 Å². The fourth-order valence-electron chi connectivity index (χ4n) is 8.91. The first kappa shape index (κ1) is 21.1. The van der Waals surface area contributed by atoms with Crippen molar-refractivity contribution in [3.8, 4) is 5.75 Å². The number of hydrogen-bond donors (Lipinski definition) is 0. The first-order valence-electron chi connectivity index (χ1n) is 13.4. The average Bonchev–Trinajstić information content (AvgIpc) is 3.42. The molecule has 1 aromatic carbocycles. The van der Waals surface area contributed by atoms with Crippen molar-refractivity contribution in [2.75, 3.05) is 6.61 Å². The van der Waals surface area contributed by atoms with E-state index >= 15 is 0 Å². The molecule has 0 saturated heterocycles. The van der Waals surface area contributed by atoms with Gasteiger partial charge in [0.05, 0.1) is 14.7 Å². The Morgan fingerprint density at radius 3 is 1.90 bits per heavy atom. The molecule has 0 radical (unpaired) electrons. The normalized spacial score (nSPS) is 37.9. The summed E-state index contributed by atoms with van der Waals surface area (Å²) in [6.07, 6.45) is 19.9. The predicted octanol–water partition coefficient (Wildman–Crippen LogP) is 8.47. The quantitative estimate of drug-likeness (QED) is 0.315. The second kappa shape index (κ2) is 9.39. The molecule has 2 heteroatoms. The number of benzene rings is 1. The molecule has 4 aliphatic carbocycles. The van der Waals surface area contributed by atoms with Gasteiger partial charge in [-0.05, 0) is 53.3 Å². The largest absolute Gasteiger partial charge is 0.494 e. The Labute approximate surface area is 186 Å². The summed E-state index contributed by atoms with van der Waals surface area (Å²) in [5.41, 5.74) is 2.26. The van der Waals surface area contributed by atoms with Crippen LogP contribution in [-0.4, -0.2) is 14.7 Å². The SMILES string of the molecule is C[Si](CCCOc1ccccc1)(C1CCC2CCCCC21)C1CCC2CCCCC21. The van der Waals surface area contributed by atoms with E-state index in [1.807, 2.05) is 0 Å². The average molecular weight is 425 g/mol.